The van der Waals surface area contributed by atoms with E-state index < -0.39 is 15.8 Å². The molecule has 0 aromatic heterocycles. The van der Waals surface area contributed by atoms with Crippen molar-refractivity contribution in [2.24, 2.45) is 0 Å². The third-order valence-corrected chi connectivity index (χ3v) is 5.44. The molecule has 7 heteroatoms. The molecule has 0 saturated heterocycles. The zero-order chi connectivity index (χ0) is 16.2. The summed E-state index contributed by atoms with van der Waals surface area (Å²) in [6, 6.07) is 2.32. The number of nitrogens with two attached hydrogens (primary N) is 1. The van der Waals surface area contributed by atoms with E-state index in [-0.39, 0.29) is 35.3 Å². The lowest BCUT2D eigenvalue weighted by Gasteiger charge is -2.27. The van der Waals surface area contributed by atoms with Gasteiger partial charge in [0.2, 0.25) is 10.0 Å². The number of anilines is 1. The van der Waals surface area contributed by atoms with Crippen LogP contribution in [0.5, 0.6) is 0 Å². The average molecular weight is 318 g/mol. The van der Waals surface area contributed by atoms with Gasteiger partial charge in [-0.15, -0.1) is 0 Å². The Morgan fingerprint density at radius 1 is 1.43 bits per heavy atom. The molecule has 2 N–H and O–H groups in total. The van der Waals surface area contributed by atoms with Gasteiger partial charge in [-0.05, 0) is 38.0 Å². The van der Waals surface area contributed by atoms with Gasteiger partial charge in [0.05, 0.1) is 6.61 Å². The maximum Gasteiger partial charge on any atom is 0.246 e. The van der Waals surface area contributed by atoms with E-state index in [0.29, 0.717) is 6.42 Å². The first-order valence-corrected chi connectivity index (χ1v) is 8.26. The Balaban J connectivity index is 3.35. The van der Waals surface area contributed by atoms with Crippen LogP contribution in [0.3, 0.4) is 0 Å². The number of hydrogen-bond donors (Lipinski definition) is 1. The number of rotatable bonds is 7. The molecule has 120 valence electrons. The molecule has 0 fully saturated rings. The molecular weight excluding hydrogens is 295 g/mol. The summed E-state index contributed by atoms with van der Waals surface area (Å²) in [6.07, 6.45) is 0.617. The van der Waals surface area contributed by atoms with Crippen LogP contribution in [0.15, 0.2) is 17.0 Å². The van der Waals surface area contributed by atoms with E-state index in [1.165, 1.54) is 30.5 Å². The van der Waals surface area contributed by atoms with Crippen LogP contribution in [-0.4, -0.2) is 39.0 Å². The van der Waals surface area contributed by atoms with Gasteiger partial charge in [-0.25, -0.2) is 12.8 Å². The highest BCUT2D eigenvalue weighted by Gasteiger charge is 2.31. The van der Waals surface area contributed by atoms with Gasteiger partial charge >= 0.3 is 0 Å². The van der Waals surface area contributed by atoms with Crippen molar-refractivity contribution >= 4 is 15.7 Å². The first-order chi connectivity index (χ1) is 9.75. The molecule has 1 aromatic rings. The van der Waals surface area contributed by atoms with Crippen molar-refractivity contribution in [2.45, 2.75) is 38.1 Å². The normalized spacial score (nSPS) is 13.6. The molecule has 21 heavy (non-hydrogen) atoms. The average Bonchev–Trinajstić information content (AvgIpc) is 2.42. The fourth-order valence-corrected chi connectivity index (χ4v) is 3.90. The highest BCUT2D eigenvalue weighted by atomic mass is 32.2. The van der Waals surface area contributed by atoms with Gasteiger partial charge in [-0.1, -0.05) is 6.92 Å². The number of sulfonamides is 1. The Hall–Kier alpha value is -1.18. The lowest BCUT2D eigenvalue weighted by Crippen LogP contribution is -2.40. The van der Waals surface area contributed by atoms with Crippen LogP contribution >= 0.6 is 0 Å². The topological polar surface area (TPSA) is 72.6 Å². The minimum absolute atomic E-state index is 0.168. The van der Waals surface area contributed by atoms with Gasteiger partial charge in [0.15, 0.2) is 0 Å². The van der Waals surface area contributed by atoms with Gasteiger partial charge in [-0.3, -0.25) is 0 Å². The van der Waals surface area contributed by atoms with E-state index in [4.69, 9.17) is 10.5 Å². The number of ether oxygens (including phenoxy) is 1. The molecule has 1 atom stereocenters. The predicted molar refractivity (Wildman–Crippen MR) is 81.1 cm³/mol. The summed E-state index contributed by atoms with van der Waals surface area (Å²) < 4.78 is 45.9. The van der Waals surface area contributed by atoms with Gasteiger partial charge in [-0.2, -0.15) is 4.31 Å². The molecule has 0 aliphatic rings. The quantitative estimate of drug-likeness (QED) is 0.782. The monoisotopic (exact) mass is 318 g/mol. The van der Waals surface area contributed by atoms with Crippen LogP contribution in [-0.2, 0) is 14.8 Å². The standard InChI is InChI=1S/C14H23FN2O3S/c1-5-11(3)17(6-7-20-4)21(18,19)13-9-12(16)8-10(2)14(13)15/h8-9,11H,5-7,16H2,1-4H3. The number of hydrogen-bond acceptors (Lipinski definition) is 4. The first-order valence-electron chi connectivity index (χ1n) is 6.82. The van der Waals surface area contributed by atoms with Crippen molar-refractivity contribution in [3.8, 4) is 0 Å². The summed E-state index contributed by atoms with van der Waals surface area (Å²) in [7, 11) is -2.47. The molecule has 1 rings (SSSR count). The number of halogens is 1. The van der Waals surface area contributed by atoms with Gasteiger partial charge in [0, 0.05) is 25.4 Å². The molecule has 0 aliphatic heterocycles. The maximum atomic E-state index is 14.2. The summed E-state index contributed by atoms with van der Waals surface area (Å²) in [4.78, 5) is -0.378. The third kappa shape index (κ3) is 3.93. The third-order valence-electron chi connectivity index (χ3n) is 3.43. The summed E-state index contributed by atoms with van der Waals surface area (Å²) in [5, 5.41) is 0. The van der Waals surface area contributed by atoms with Crippen molar-refractivity contribution in [1.82, 2.24) is 4.31 Å². The van der Waals surface area contributed by atoms with Gasteiger partial charge in [0.1, 0.15) is 10.7 Å². The number of nitrogens with zero attached hydrogens (tertiary/aromatic N) is 1. The van der Waals surface area contributed by atoms with E-state index in [1.807, 2.05) is 6.92 Å². The largest absolute Gasteiger partial charge is 0.399 e. The number of nitrogen functional groups attached to an aromatic ring is 1. The SMILES string of the molecule is CCC(C)N(CCOC)S(=O)(=O)c1cc(N)cc(C)c1F. The van der Waals surface area contributed by atoms with Crippen molar-refractivity contribution in [1.29, 1.82) is 0 Å². The Kier molecular flexibility index (Phi) is 6.12. The predicted octanol–water partition coefficient (Wildman–Crippen LogP) is 2.15. The smallest absolute Gasteiger partial charge is 0.246 e. The van der Waals surface area contributed by atoms with E-state index in [2.05, 4.69) is 0 Å². The lowest BCUT2D eigenvalue weighted by molar-refractivity contribution is 0.167. The molecule has 1 unspecified atom stereocenters. The van der Waals surface area contributed by atoms with Crippen LogP contribution in [0.2, 0.25) is 0 Å². The molecule has 0 radical (unpaired) electrons. The number of benzene rings is 1. The summed E-state index contributed by atoms with van der Waals surface area (Å²) >= 11 is 0. The number of methoxy groups -OCH3 is 1. The minimum atomic E-state index is -3.96. The highest BCUT2D eigenvalue weighted by molar-refractivity contribution is 7.89. The molecule has 5 nitrogen and oxygen atoms in total. The Morgan fingerprint density at radius 3 is 2.57 bits per heavy atom. The van der Waals surface area contributed by atoms with Crippen LogP contribution < -0.4 is 5.73 Å². The van der Waals surface area contributed by atoms with Gasteiger partial charge < -0.3 is 10.5 Å². The first kappa shape index (κ1) is 17.9. The van der Waals surface area contributed by atoms with Crippen LogP contribution in [0.4, 0.5) is 10.1 Å². The molecule has 0 amide bonds. The second kappa shape index (κ2) is 7.20. The Bertz CT molecular complexity index is 590. The second-order valence-electron chi connectivity index (χ2n) is 5.02. The van der Waals surface area contributed by atoms with Crippen molar-refractivity contribution < 1.29 is 17.5 Å². The van der Waals surface area contributed by atoms with Crippen molar-refractivity contribution in [3.63, 3.8) is 0 Å². The van der Waals surface area contributed by atoms with Crippen LogP contribution in [0.1, 0.15) is 25.8 Å². The van der Waals surface area contributed by atoms with Gasteiger partial charge in [0.25, 0.3) is 0 Å². The van der Waals surface area contributed by atoms with Crippen LogP contribution in [0, 0.1) is 12.7 Å². The molecule has 0 spiro atoms. The van der Waals surface area contributed by atoms with E-state index >= 15 is 0 Å². The van der Waals surface area contributed by atoms with E-state index in [1.54, 1.807) is 6.92 Å². The van der Waals surface area contributed by atoms with E-state index in [9.17, 15) is 12.8 Å². The Labute approximate surface area is 125 Å². The van der Waals surface area contributed by atoms with Crippen molar-refractivity contribution in [3.05, 3.63) is 23.5 Å². The second-order valence-corrected chi connectivity index (χ2v) is 6.87. The van der Waals surface area contributed by atoms with Crippen molar-refractivity contribution in [2.75, 3.05) is 26.0 Å². The fraction of sp³-hybridized carbons (Fsp3) is 0.571. The molecule has 1 aromatic carbocycles. The minimum Gasteiger partial charge on any atom is -0.399 e. The Morgan fingerprint density at radius 2 is 2.05 bits per heavy atom. The van der Waals surface area contributed by atoms with E-state index in [0.717, 1.165) is 0 Å². The maximum absolute atomic E-state index is 14.2. The number of aryl methyl sites for hydroxylation is 1. The zero-order valence-corrected chi connectivity index (χ0v) is 13.7. The zero-order valence-electron chi connectivity index (χ0n) is 12.9. The molecule has 0 bridgehead atoms. The summed E-state index contributed by atoms with van der Waals surface area (Å²) in [5.41, 5.74) is 6.10. The fourth-order valence-electron chi connectivity index (χ4n) is 2.04. The van der Waals surface area contributed by atoms with Crippen LogP contribution in [0.25, 0.3) is 0 Å². The molecule has 0 heterocycles. The molecule has 0 saturated carbocycles. The summed E-state index contributed by atoms with van der Waals surface area (Å²) in [6.45, 7) is 5.56. The lowest BCUT2D eigenvalue weighted by atomic mass is 10.2. The summed E-state index contributed by atoms with van der Waals surface area (Å²) in [5.74, 6) is -0.755. The highest BCUT2D eigenvalue weighted by Crippen LogP contribution is 2.26. The molecule has 0 aliphatic carbocycles. The molecular formula is C14H23FN2O3S.